The van der Waals surface area contributed by atoms with Gasteiger partial charge in [0, 0.05) is 12.2 Å². The Morgan fingerprint density at radius 2 is 0.960 bits per heavy atom. The molecule has 0 heterocycles. The summed E-state index contributed by atoms with van der Waals surface area (Å²) >= 11 is 0. The average Bonchev–Trinajstić information content (AvgIpc) is 2.62. The highest BCUT2D eigenvalue weighted by atomic mass is 16.6. The summed E-state index contributed by atoms with van der Waals surface area (Å²) < 4.78 is 4.74. The second kappa shape index (κ2) is 10.1. The Hall–Kier alpha value is -3.74. The molecule has 0 spiro atoms. The Morgan fingerprint density at radius 1 is 0.640 bits per heavy atom. The fourth-order valence-electron chi connectivity index (χ4n) is 1.49. The van der Waals surface area contributed by atoms with Crippen molar-refractivity contribution in [1.29, 1.82) is 0 Å². The van der Waals surface area contributed by atoms with Gasteiger partial charge in [0.2, 0.25) is 0 Å². The topological polar surface area (TPSA) is 118 Å². The number of carboxylic acids is 2. The molecule has 7 nitrogen and oxygen atoms in total. The molecule has 0 fully saturated rings. The lowest BCUT2D eigenvalue weighted by atomic mass is 10.2. The molecule has 0 bridgehead atoms. The van der Waals surface area contributed by atoms with Crippen molar-refractivity contribution in [3.63, 3.8) is 0 Å². The zero-order chi connectivity index (χ0) is 18.7. The molecule has 0 amide bonds. The Kier molecular flexibility index (Phi) is 7.81. The van der Waals surface area contributed by atoms with Gasteiger partial charge in [0.25, 0.3) is 0 Å². The lowest BCUT2D eigenvalue weighted by Crippen LogP contribution is -2.12. The molecule has 0 unspecified atom stereocenters. The summed E-state index contributed by atoms with van der Waals surface area (Å²) in [6, 6.07) is 16.8. The highest BCUT2D eigenvalue weighted by Gasteiger charge is 2.13. The van der Waals surface area contributed by atoms with Gasteiger partial charge < -0.3 is 14.9 Å². The standard InChI is InChI=1S/C14H10O3.C4H4O4/c15-13(11-7-3-1-4-8-11)17-14(16)12-9-5-2-6-10-12;5-3(6)1-2-4(7)8/h1-10H;1-2H,(H,5,6)(H,7,8). The fourth-order valence-corrected chi connectivity index (χ4v) is 1.49. The summed E-state index contributed by atoms with van der Waals surface area (Å²) in [6.07, 6.45) is 1.12. The fraction of sp³-hybridized carbons (Fsp3) is 0. The first kappa shape index (κ1) is 19.3. The predicted octanol–water partition coefficient (Wildman–Crippen LogP) is 2.40. The van der Waals surface area contributed by atoms with E-state index in [0.717, 1.165) is 0 Å². The summed E-state index contributed by atoms with van der Waals surface area (Å²) in [5.74, 6) is -3.79. The average molecular weight is 342 g/mol. The van der Waals surface area contributed by atoms with Crippen LogP contribution >= 0.6 is 0 Å². The van der Waals surface area contributed by atoms with Crippen LogP contribution in [0.3, 0.4) is 0 Å². The summed E-state index contributed by atoms with van der Waals surface area (Å²) in [4.78, 5) is 42.3. The highest BCUT2D eigenvalue weighted by molar-refractivity contribution is 6.02. The molecule has 2 aromatic carbocycles. The summed E-state index contributed by atoms with van der Waals surface area (Å²) in [5.41, 5.74) is 0.716. The van der Waals surface area contributed by atoms with Gasteiger partial charge in [0.1, 0.15) is 0 Å². The van der Waals surface area contributed by atoms with E-state index in [2.05, 4.69) is 0 Å². The first-order valence-corrected chi connectivity index (χ1v) is 6.90. The number of ether oxygens (including phenoxy) is 1. The third-order valence-electron chi connectivity index (χ3n) is 2.57. The predicted molar refractivity (Wildman–Crippen MR) is 87.0 cm³/mol. The third-order valence-corrected chi connectivity index (χ3v) is 2.57. The molecule has 2 aromatic rings. The minimum Gasteiger partial charge on any atom is -0.478 e. The van der Waals surface area contributed by atoms with Gasteiger partial charge in [-0.25, -0.2) is 19.2 Å². The van der Waals surface area contributed by atoms with Crippen molar-refractivity contribution in [1.82, 2.24) is 0 Å². The van der Waals surface area contributed by atoms with Crippen molar-refractivity contribution in [2.75, 3.05) is 0 Å². The van der Waals surface area contributed by atoms with E-state index in [4.69, 9.17) is 14.9 Å². The van der Waals surface area contributed by atoms with Gasteiger partial charge in [-0.05, 0) is 24.3 Å². The molecule has 0 saturated carbocycles. The second-order valence-electron chi connectivity index (χ2n) is 4.42. The maximum absolute atomic E-state index is 11.6. The molecule has 0 aromatic heterocycles. The molecule has 0 aliphatic rings. The van der Waals surface area contributed by atoms with Gasteiger partial charge in [0.15, 0.2) is 0 Å². The van der Waals surface area contributed by atoms with Crippen molar-refractivity contribution in [2.45, 2.75) is 0 Å². The number of aliphatic carboxylic acids is 2. The number of carbonyl (C=O) groups is 4. The van der Waals surface area contributed by atoms with Crippen molar-refractivity contribution >= 4 is 23.9 Å². The molecular weight excluding hydrogens is 328 g/mol. The quantitative estimate of drug-likeness (QED) is 0.497. The largest absolute Gasteiger partial charge is 0.478 e. The second-order valence-corrected chi connectivity index (χ2v) is 4.42. The molecule has 2 rings (SSSR count). The van der Waals surface area contributed by atoms with Crippen LogP contribution in [0, 0.1) is 0 Å². The van der Waals surface area contributed by atoms with Crippen LogP contribution in [0.2, 0.25) is 0 Å². The minimum absolute atomic E-state index is 0.358. The van der Waals surface area contributed by atoms with Crippen LogP contribution in [0.5, 0.6) is 0 Å². The van der Waals surface area contributed by atoms with Crippen molar-refractivity contribution < 1.29 is 34.1 Å². The van der Waals surface area contributed by atoms with E-state index in [-0.39, 0.29) is 0 Å². The highest BCUT2D eigenvalue weighted by Crippen LogP contribution is 2.06. The van der Waals surface area contributed by atoms with Crippen molar-refractivity contribution in [3.05, 3.63) is 83.9 Å². The monoisotopic (exact) mass is 342 g/mol. The molecule has 128 valence electrons. The van der Waals surface area contributed by atoms with Gasteiger partial charge in [-0.1, -0.05) is 36.4 Å². The Bertz CT molecular complexity index is 699. The number of carboxylic acid groups (broad SMARTS) is 2. The summed E-state index contributed by atoms with van der Waals surface area (Å²) in [6.45, 7) is 0. The number of rotatable bonds is 4. The van der Waals surface area contributed by atoms with E-state index in [1.165, 1.54) is 0 Å². The smallest absolute Gasteiger partial charge is 0.346 e. The molecule has 7 heteroatoms. The first-order chi connectivity index (χ1) is 11.9. The van der Waals surface area contributed by atoms with Crippen LogP contribution in [-0.4, -0.2) is 34.1 Å². The summed E-state index contributed by atoms with van der Waals surface area (Å²) in [7, 11) is 0. The SMILES string of the molecule is O=C(O)C=CC(=O)O.O=C(OC(=O)c1ccccc1)c1ccccc1. The number of esters is 2. The van der Waals surface area contributed by atoms with Gasteiger partial charge in [0.05, 0.1) is 11.1 Å². The maximum atomic E-state index is 11.6. The van der Waals surface area contributed by atoms with Crippen LogP contribution in [0.15, 0.2) is 72.8 Å². The van der Waals surface area contributed by atoms with Crippen molar-refractivity contribution in [2.24, 2.45) is 0 Å². The molecular formula is C18H14O7. The van der Waals surface area contributed by atoms with Crippen molar-refractivity contribution in [3.8, 4) is 0 Å². The number of benzene rings is 2. The zero-order valence-corrected chi connectivity index (χ0v) is 12.9. The first-order valence-electron chi connectivity index (χ1n) is 6.90. The molecule has 0 aliphatic heterocycles. The molecule has 25 heavy (non-hydrogen) atoms. The Labute approximate surface area is 142 Å². The van der Waals surface area contributed by atoms with Crippen LogP contribution in [0.4, 0.5) is 0 Å². The van der Waals surface area contributed by atoms with Crippen LogP contribution < -0.4 is 0 Å². The number of hydrogen-bond acceptors (Lipinski definition) is 5. The third kappa shape index (κ3) is 7.89. The van der Waals surface area contributed by atoms with E-state index in [0.29, 0.717) is 23.3 Å². The van der Waals surface area contributed by atoms with Crippen LogP contribution in [0.25, 0.3) is 0 Å². The van der Waals surface area contributed by atoms with Gasteiger partial charge >= 0.3 is 23.9 Å². The zero-order valence-electron chi connectivity index (χ0n) is 12.9. The van der Waals surface area contributed by atoms with E-state index in [1.807, 2.05) is 0 Å². The van der Waals surface area contributed by atoms with E-state index >= 15 is 0 Å². The molecule has 0 radical (unpaired) electrons. The van der Waals surface area contributed by atoms with E-state index < -0.39 is 23.9 Å². The van der Waals surface area contributed by atoms with Crippen LogP contribution in [0.1, 0.15) is 20.7 Å². The van der Waals surface area contributed by atoms with Gasteiger partial charge in [-0.15, -0.1) is 0 Å². The Morgan fingerprint density at radius 3 is 1.24 bits per heavy atom. The number of carbonyl (C=O) groups excluding carboxylic acids is 2. The van der Waals surface area contributed by atoms with E-state index in [9.17, 15) is 19.2 Å². The molecule has 0 saturated heterocycles. The lowest BCUT2D eigenvalue weighted by molar-refractivity contribution is -0.134. The van der Waals surface area contributed by atoms with Crippen LogP contribution in [-0.2, 0) is 14.3 Å². The van der Waals surface area contributed by atoms with E-state index in [1.54, 1.807) is 60.7 Å². The maximum Gasteiger partial charge on any atom is 0.346 e. The lowest BCUT2D eigenvalue weighted by Gasteiger charge is -2.02. The Balaban J connectivity index is 0.000000333. The molecule has 0 atom stereocenters. The normalized spacial score (nSPS) is 9.60. The molecule has 2 N–H and O–H groups in total. The van der Waals surface area contributed by atoms with Gasteiger partial charge in [-0.2, -0.15) is 0 Å². The summed E-state index contributed by atoms with van der Waals surface area (Å²) in [5, 5.41) is 15.6. The molecule has 0 aliphatic carbocycles. The minimum atomic E-state index is -1.26. The number of hydrogen-bond donors (Lipinski definition) is 2. The van der Waals surface area contributed by atoms with Gasteiger partial charge in [-0.3, -0.25) is 0 Å².